The summed E-state index contributed by atoms with van der Waals surface area (Å²) >= 11 is 0. The lowest BCUT2D eigenvalue weighted by Crippen LogP contribution is -2.31. The van der Waals surface area contributed by atoms with Gasteiger partial charge in [0.25, 0.3) is 0 Å². The second-order valence-electron chi connectivity index (χ2n) is 4.88. The summed E-state index contributed by atoms with van der Waals surface area (Å²) in [4.78, 5) is 4.46. The number of aryl methyl sites for hydroxylation is 1. The highest BCUT2D eigenvalue weighted by Gasteiger charge is 2.21. The minimum atomic E-state index is 0.181. The fourth-order valence-electron chi connectivity index (χ4n) is 1.91. The number of hydrogen-bond donors (Lipinski definition) is 1. The first-order chi connectivity index (χ1) is 9.13. The highest BCUT2D eigenvalue weighted by atomic mass is 16.5. The van der Waals surface area contributed by atoms with E-state index in [1.54, 1.807) is 6.26 Å². The van der Waals surface area contributed by atoms with Gasteiger partial charge >= 0.3 is 0 Å². The van der Waals surface area contributed by atoms with E-state index < -0.39 is 0 Å². The standard InChI is InChI=1S/C14H21N3O2/c1-5-7-15-10(3)9(2)14-16-13(17-19-14)12-6-8-18-11(12)4/h6,8-10,15H,5,7H2,1-4H3. The third-order valence-electron chi connectivity index (χ3n) is 3.40. The van der Waals surface area contributed by atoms with E-state index in [1.165, 1.54) is 0 Å². The van der Waals surface area contributed by atoms with Crippen LogP contribution >= 0.6 is 0 Å². The van der Waals surface area contributed by atoms with Crippen molar-refractivity contribution in [3.8, 4) is 11.4 Å². The Labute approximate surface area is 113 Å². The van der Waals surface area contributed by atoms with Crippen molar-refractivity contribution >= 4 is 0 Å². The molecular formula is C14H21N3O2. The SMILES string of the molecule is CCCNC(C)C(C)c1nc(-c2ccoc2C)no1. The van der Waals surface area contributed by atoms with Crippen LogP contribution in [0.15, 0.2) is 21.3 Å². The summed E-state index contributed by atoms with van der Waals surface area (Å²) in [6.45, 7) is 9.25. The maximum atomic E-state index is 5.36. The summed E-state index contributed by atoms with van der Waals surface area (Å²) in [5, 5.41) is 7.47. The van der Waals surface area contributed by atoms with Gasteiger partial charge in [0, 0.05) is 6.04 Å². The van der Waals surface area contributed by atoms with Gasteiger partial charge in [-0.05, 0) is 32.9 Å². The number of nitrogens with zero attached hydrogens (tertiary/aromatic N) is 2. The molecule has 2 unspecified atom stereocenters. The van der Waals surface area contributed by atoms with Crippen LogP contribution in [-0.4, -0.2) is 22.7 Å². The number of rotatable bonds is 6. The quantitative estimate of drug-likeness (QED) is 0.867. The van der Waals surface area contributed by atoms with Crippen LogP contribution in [0, 0.1) is 6.92 Å². The first-order valence-corrected chi connectivity index (χ1v) is 6.75. The molecule has 0 saturated carbocycles. The normalized spacial score (nSPS) is 14.5. The number of nitrogens with one attached hydrogen (secondary N) is 1. The fourth-order valence-corrected chi connectivity index (χ4v) is 1.91. The molecule has 0 bridgehead atoms. The molecule has 0 aliphatic carbocycles. The van der Waals surface area contributed by atoms with E-state index in [9.17, 15) is 0 Å². The van der Waals surface area contributed by atoms with E-state index in [4.69, 9.17) is 8.94 Å². The Morgan fingerprint density at radius 2 is 2.16 bits per heavy atom. The molecule has 5 heteroatoms. The number of hydrogen-bond acceptors (Lipinski definition) is 5. The summed E-state index contributed by atoms with van der Waals surface area (Å²) in [5.74, 6) is 2.24. The van der Waals surface area contributed by atoms with Crippen LogP contribution in [0.1, 0.15) is 44.8 Å². The largest absolute Gasteiger partial charge is 0.469 e. The molecule has 2 heterocycles. The summed E-state index contributed by atoms with van der Waals surface area (Å²) in [6.07, 6.45) is 2.75. The molecule has 2 aromatic heterocycles. The fraction of sp³-hybridized carbons (Fsp3) is 0.571. The smallest absolute Gasteiger partial charge is 0.231 e. The van der Waals surface area contributed by atoms with Crippen molar-refractivity contribution in [2.24, 2.45) is 0 Å². The maximum Gasteiger partial charge on any atom is 0.231 e. The lowest BCUT2D eigenvalue weighted by atomic mass is 10.0. The van der Waals surface area contributed by atoms with Crippen molar-refractivity contribution in [1.82, 2.24) is 15.5 Å². The molecule has 2 aromatic rings. The molecule has 1 N–H and O–H groups in total. The van der Waals surface area contributed by atoms with Crippen molar-refractivity contribution in [1.29, 1.82) is 0 Å². The van der Waals surface area contributed by atoms with Gasteiger partial charge < -0.3 is 14.3 Å². The zero-order valence-corrected chi connectivity index (χ0v) is 11.9. The molecule has 0 fully saturated rings. The van der Waals surface area contributed by atoms with Crippen LogP contribution in [0.25, 0.3) is 11.4 Å². The molecule has 0 amide bonds. The van der Waals surface area contributed by atoms with Crippen molar-refractivity contribution in [2.75, 3.05) is 6.54 Å². The van der Waals surface area contributed by atoms with Crippen molar-refractivity contribution in [2.45, 2.75) is 46.1 Å². The zero-order chi connectivity index (χ0) is 13.8. The summed E-state index contributed by atoms with van der Waals surface area (Å²) in [6, 6.07) is 2.16. The molecule has 0 aliphatic rings. The molecule has 0 radical (unpaired) electrons. The van der Waals surface area contributed by atoms with Gasteiger partial charge in [0.2, 0.25) is 11.7 Å². The van der Waals surface area contributed by atoms with Gasteiger partial charge in [0.15, 0.2) is 0 Å². The topological polar surface area (TPSA) is 64.1 Å². The van der Waals surface area contributed by atoms with E-state index >= 15 is 0 Å². The third kappa shape index (κ3) is 3.04. The van der Waals surface area contributed by atoms with Gasteiger partial charge in [-0.1, -0.05) is 19.0 Å². The van der Waals surface area contributed by atoms with Crippen LogP contribution in [0.5, 0.6) is 0 Å². The Hall–Kier alpha value is -1.62. The van der Waals surface area contributed by atoms with E-state index in [0.717, 1.165) is 24.3 Å². The summed E-state index contributed by atoms with van der Waals surface area (Å²) in [5.41, 5.74) is 0.886. The van der Waals surface area contributed by atoms with E-state index in [-0.39, 0.29) is 5.92 Å². The Morgan fingerprint density at radius 3 is 2.79 bits per heavy atom. The van der Waals surface area contributed by atoms with Crippen LogP contribution in [0.2, 0.25) is 0 Å². The van der Waals surface area contributed by atoms with Crippen molar-refractivity contribution < 1.29 is 8.94 Å². The van der Waals surface area contributed by atoms with Gasteiger partial charge in [0.05, 0.1) is 17.7 Å². The van der Waals surface area contributed by atoms with Crippen molar-refractivity contribution in [3.05, 3.63) is 24.0 Å². The minimum Gasteiger partial charge on any atom is -0.469 e. The zero-order valence-electron chi connectivity index (χ0n) is 11.9. The molecule has 0 aliphatic heterocycles. The van der Waals surface area contributed by atoms with Crippen LogP contribution in [-0.2, 0) is 0 Å². The minimum absolute atomic E-state index is 0.181. The van der Waals surface area contributed by atoms with Gasteiger partial charge in [-0.25, -0.2) is 0 Å². The molecule has 104 valence electrons. The molecule has 5 nitrogen and oxygen atoms in total. The van der Waals surface area contributed by atoms with Gasteiger partial charge in [0.1, 0.15) is 5.76 Å². The van der Waals surface area contributed by atoms with Crippen LogP contribution in [0.4, 0.5) is 0 Å². The summed E-state index contributed by atoms with van der Waals surface area (Å²) in [7, 11) is 0. The van der Waals surface area contributed by atoms with E-state index in [1.807, 2.05) is 13.0 Å². The average molecular weight is 263 g/mol. The Balaban J connectivity index is 2.10. The second-order valence-corrected chi connectivity index (χ2v) is 4.88. The molecule has 0 saturated heterocycles. The monoisotopic (exact) mass is 263 g/mol. The Kier molecular flexibility index (Phi) is 4.37. The average Bonchev–Trinajstić information content (AvgIpc) is 3.03. The highest BCUT2D eigenvalue weighted by Crippen LogP contribution is 2.24. The number of furan rings is 1. The van der Waals surface area contributed by atoms with E-state index in [0.29, 0.717) is 17.8 Å². The predicted molar refractivity (Wildman–Crippen MR) is 72.9 cm³/mol. The van der Waals surface area contributed by atoms with E-state index in [2.05, 4.69) is 36.2 Å². The first-order valence-electron chi connectivity index (χ1n) is 6.75. The Morgan fingerprint density at radius 1 is 1.37 bits per heavy atom. The lowest BCUT2D eigenvalue weighted by molar-refractivity contribution is 0.331. The molecular weight excluding hydrogens is 242 g/mol. The first kappa shape index (κ1) is 13.8. The van der Waals surface area contributed by atoms with Crippen molar-refractivity contribution in [3.63, 3.8) is 0 Å². The molecule has 0 aromatic carbocycles. The van der Waals surface area contributed by atoms with Crippen LogP contribution < -0.4 is 5.32 Å². The number of aromatic nitrogens is 2. The predicted octanol–water partition coefficient (Wildman–Crippen LogP) is 3.13. The molecule has 19 heavy (non-hydrogen) atoms. The Bertz CT molecular complexity index is 518. The van der Waals surface area contributed by atoms with Gasteiger partial charge in [-0.3, -0.25) is 0 Å². The lowest BCUT2D eigenvalue weighted by Gasteiger charge is -2.17. The summed E-state index contributed by atoms with van der Waals surface area (Å²) < 4.78 is 10.6. The third-order valence-corrected chi connectivity index (χ3v) is 3.40. The molecule has 0 spiro atoms. The van der Waals surface area contributed by atoms with Gasteiger partial charge in [-0.15, -0.1) is 0 Å². The highest BCUT2D eigenvalue weighted by molar-refractivity contribution is 5.56. The molecule has 2 atom stereocenters. The maximum absolute atomic E-state index is 5.36. The second kappa shape index (κ2) is 6.02. The van der Waals surface area contributed by atoms with Crippen LogP contribution in [0.3, 0.4) is 0 Å². The molecule has 2 rings (SSSR count). The van der Waals surface area contributed by atoms with Gasteiger partial charge in [-0.2, -0.15) is 4.98 Å².